The molecule has 0 amide bonds. The minimum absolute atomic E-state index is 0.883. The van der Waals surface area contributed by atoms with E-state index in [0.717, 1.165) is 171 Å². The van der Waals surface area contributed by atoms with Gasteiger partial charge in [-0.15, -0.1) is 0 Å². The fourth-order valence-electron chi connectivity index (χ4n) is 19.7. The zero-order valence-corrected chi connectivity index (χ0v) is 70.8. The number of anilines is 30. The molecule has 7 aliphatic rings. The summed E-state index contributed by atoms with van der Waals surface area (Å²) in [6.07, 6.45) is 0. The molecule has 0 N–H and O–H groups in total. The highest BCUT2D eigenvalue weighted by molar-refractivity contribution is 7.91. The molecule has 600 valence electrons. The minimum atomic E-state index is -4.76. The fraction of sp³-hybridized carbons (Fsp3) is 0. The largest absolute Gasteiger partial charge is 0.306 e. The molecule has 0 spiro atoms. The first-order chi connectivity index (χ1) is 62.6. The maximum atomic E-state index is 7.93. The molecule has 25 rings (SSSR count). The van der Waals surface area contributed by atoms with Gasteiger partial charge in [-0.2, -0.15) is 13.5 Å². The number of hydrogen-bond acceptors (Lipinski definition) is 15. The Bertz CT molecular complexity index is 6100. The monoisotopic (exact) mass is 1680 g/mol. The third kappa shape index (κ3) is 10.9. The molecular formula is C108H78N15P3. The Kier molecular flexibility index (Phi) is 16.9. The van der Waals surface area contributed by atoms with Gasteiger partial charge in [-0.1, -0.05) is 255 Å². The molecule has 126 heavy (non-hydrogen) atoms. The first kappa shape index (κ1) is 73.0. The van der Waals surface area contributed by atoms with Crippen LogP contribution in [0, 0.1) is 0 Å². The molecule has 7 heterocycles. The Hall–Kier alpha value is -15.8. The molecule has 0 radical (unpaired) electrons. The topological polar surface area (TPSA) is 76.0 Å². The second-order valence-electron chi connectivity index (χ2n) is 31.6. The quantitative estimate of drug-likeness (QED) is 0.109. The Balaban J connectivity index is 0.985. The van der Waals surface area contributed by atoms with E-state index in [4.69, 9.17) is 13.5 Å². The third-order valence-corrected chi connectivity index (χ3v) is 36.2. The van der Waals surface area contributed by atoms with Gasteiger partial charge in [-0.25, -0.2) is 0 Å². The number of fused-ring (bicyclic) bond motifs is 12. The van der Waals surface area contributed by atoms with E-state index < -0.39 is 22.5 Å². The smallest absolute Gasteiger partial charge is 0.283 e. The average molecular weight is 1680 g/mol. The van der Waals surface area contributed by atoms with Gasteiger partial charge in [0.2, 0.25) is 0 Å². The second-order valence-corrected chi connectivity index (χ2v) is 39.4. The van der Waals surface area contributed by atoms with E-state index in [-0.39, 0.29) is 0 Å². The molecule has 18 heteroatoms. The van der Waals surface area contributed by atoms with Crippen molar-refractivity contribution < 1.29 is 0 Å². The Labute approximate surface area is 732 Å². The van der Waals surface area contributed by atoms with Crippen LogP contribution in [0.5, 0.6) is 0 Å². The zero-order valence-electron chi connectivity index (χ0n) is 68.1. The third-order valence-electron chi connectivity index (χ3n) is 24.6. The van der Waals surface area contributed by atoms with Crippen molar-refractivity contribution in [3.8, 4) is 0 Å². The van der Waals surface area contributed by atoms with Gasteiger partial charge in [-0.05, 0) is 218 Å². The SMILES string of the molecule is c1ccc(N2c3ccccc3N(P3(N4c5ccccc5N(c5ccccc5)c5ccccc54)=NP(N4c5ccccc5N(c5ccccc5)c5ccccc54)(N4c5ccccc5N(c5ccccc5)c5ccccc54)=NP(N4c5ccccc5N(c5ccccc5)c5ccccc54)(N4c5ccccc5N(c5ccccc5)c5ccccc54)=N3)c3ccccc32)cc1. The lowest BCUT2D eigenvalue weighted by molar-refractivity contribution is 1.14. The van der Waals surface area contributed by atoms with Gasteiger partial charge in [-0.3, -0.25) is 28.0 Å². The molecule has 0 saturated carbocycles. The highest BCUT2D eigenvalue weighted by Gasteiger charge is 2.61. The van der Waals surface area contributed by atoms with Crippen LogP contribution in [0.4, 0.5) is 171 Å². The van der Waals surface area contributed by atoms with Gasteiger partial charge in [0.05, 0.1) is 136 Å². The fourth-order valence-corrected chi connectivity index (χ4v) is 34.8. The zero-order chi connectivity index (χ0) is 83.0. The molecular weight excluding hydrogens is 1600 g/mol. The number of benzene rings is 18. The first-order valence-electron chi connectivity index (χ1n) is 42.5. The van der Waals surface area contributed by atoms with Crippen LogP contribution < -0.4 is 57.4 Å². The molecule has 0 atom stereocenters. The summed E-state index contributed by atoms with van der Waals surface area (Å²) in [5, 5.41) is 0. The molecule has 18 aromatic carbocycles. The highest BCUT2D eigenvalue weighted by Crippen LogP contribution is 2.92. The van der Waals surface area contributed by atoms with Crippen molar-refractivity contribution in [3.05, 3.63) is 473 Å². The van der Waals surface area contributed by atoms with E-state index in [1.54, 1.807) is 0 Å². The molecule has 0 aromatic heterocycles. The van der Waals surface area contributed by atoms with Gasteiger partial charge in [0.15, 0.2) is 0 Å². The van der Waals surface area contributed by atoms with Crippen LogP contribution in [-0.4, -0.2) is 0 Å². The summed E-state index contributed by atoms with van der Waals surface area (Å²) in [4.78, 5) is 14.7. The van der Waals surface area contributed by atoms with Gasteiger partial charge in [0.25, 0.3) is 22.5 Å². The molecule has 0 saturated heterocycles. The Morgan fingerprint density at radius 3 is 0.294 bits per heavy atom. The van der Waals surface area contributed by atoms with E-state index in [0.29, 0.717) is 0 Å². The molecule has 0 bridgehead atoms. The Morgan fingerprint density at radius 2 is 0.190 bits per heavy atom. The maximum absolute atomic E-state index is 7.93. The number of hydrogen-bond donors (Lipinski definition) is 0. The summed E-state index contributed by atoms with van der Waals surface area (Å²) in [6.45, 7) is 0. The van der Waals surface area contributed by atoms with Crippen LogP contribution in [0.15, 0.2) is 487 Å². The number of para-hydroxylation sites is 30. The summed E-state index contributed by atoms with van der Waals surface area (Å²) in [6, 6.07) is 173. The van der Waals surface area contributed by atoms with Crippen LogP contribution in [-0.2, 0) is 0 Å². The standard InChI is InChI=1S/C108H78N15P3/c1-7-43-79(44-8-1)112-85-55-19-31-67-97(85)118(98-68-32-20-56-86(98)112)124(119-99-69-33-21-57-87(99)113(80-45-9-2-10-46-80)88-58-22-34-70-100(88)119)109-125(120-101-71-35-23-59-89(101)114(81-47-11-3-12-48-81)90-60-24-36-72-102(90)120,121-103-73-37-25-61-91(103)115(82-49-13-4-14-50-82)92-62-26-38-74-104(92)121)111-126(110-124,122-105-75-39-27-63-93(105)116(83-51-15-5-16-52-83)94-64-28-40-76-106(94)122)123-107-77-41-29-65-95(107)117(84-53-17-6-18-54-84)96-66-30-42-78-108(96)123/h1-78H. The molecule has 7 aliphatic heterocycles. The van der Waals surface area contributed by atoms with E-state index in [1.807, 2.05) is 0 Å². The van der Waals surface area contributed by atoms with Crippen molar-refractivity contribution >= 4 is 193 Å². The van der Waals surface area contributed by atoms with E-state index in [2.05, 4.69) is 531 Å². The lowest BCUT2D eigenvalue weighted by Gasteiger charge is -2.58. The predicted molar refractivity (Wildman–Crippen MR) is 528 cm³/mol. The van der Waals surface area contributed by atoms with Crippen molar-refractivity contribution in [3.63, 3.8) is 0 Å². The number of nitrogens with zero attached hydrogens (tertiary/aromatic N) is 15. The summed E-state index contributed by atoms with van der Waals surface area (Å²) in [5.41, 5.74) is 27.8. The normalized spacial score (nSPS) is 15.3. The lowest BCUT2D eigenvalue weighted by atomic mass is 10.1. The van der Waals surface area contributed by atoms with Crippen molar-refractivity contribution in [2.45, 2.75) is 0 Å². The number of rotatable bonds is 12. The lowest BCUT2D eigenvalue weighted by Crippen LogP contribution is -2.39. The summed E-state index contributed by atoms with van der Waals surface area (Å²) >= 11 is 0. The van der Waals surface area contributed by atoms with Crippen molar-refractivity contribution in [2.24, 2.45) is 13.5 Å². The van der Waals surface area contributed by atoms with Gasteiger partial charge >= 0.3 is 0 Å². The molecule has 0 fully saturated rings. The van der Waals surface area contributed by atoms with Crippen LogP contribution >= 0.6 is 22.5 Å². The average Bonchev–Trinajstić information content (AvgIpc) is 0.652. The van der Waals surface area contributed by atoms with Crippen molar-refractivity contribution in [1.82, 2.24) is 0 Å². The van der Waals surface area contributed by atoms with Gasteiger partial charge in [0, 0.05) is 34.1 Å². The highest BCUT2D eigenvalue weighted by atomic mass is 31.3. The maximum Gasteiger partial charge on any atom is 0.283 e. The molecule has 18 aromatic rings. The summed E-state index contributed by atoms with van der Waals surface area (Å²) in [5.74, 6) is 0. The van der Waals surface area contributed by atoms with Gasteiger partial charge in [0.1, 0.15) is 0 Å². The predicted octanol–water partition coefficient (Wildman–Crippen LogP) is 33.6. The summed E-state index contributed by atoms with van der Waals surface area (Å²) < 4.78 is 39.7. The van der Waals surface area contributed by atoms with E-state index in [1.165, 1.54) is 0 Å². The molecule has 15 nitrogen and oxygen atoms in total. The van der Waals surface area contributed by atoms with E-state index >= 15 is 0 Å². The molecule has 0 aliphatic carbocycles. The molecule has 0 unspecified atom stereocenters. The van der Waals surface area contributed by atoms with Crippen LogP contribution in [0.3, 0.4) is 0 Å². The van der Waals surface area contributed by atoms with E-state index in [9.17, 15) is 0 Å². The van der Waals surface area contributed by atoms with Crippen LogP contribution in [0.1, 0.15) is 0 Å². The minimum Gasteiger partial charge on any atom is -0.306 e. The Morgan fingerprint density at radius 1 is 0.103 bits per heavy atom. The second kappa shape index (κ2) is 29.2. The van der Waals surface area contributed by atoms with Crippen molar-refractivity contribution in [1.29, 1.82) is 0 Å². The van der Waals surface area contributed by atoms with Gasteiger partial charge < -0.3 is 29.4 Å². The first-order valence-corrected chi connectivity index (χ1v) is 47.3. The van der Waals surface area contributed by atoms with Crippen LogP contribution in [0.25, 0.3) is 0 Å². The summed E-state index contributed by atoms with van der Waals surface area (Å²) in [7, 11) is -14.3. The van der Waals surface area contributed by atoms with Crippen molar-refractivity contribution in [2.75, 3.05) is 57.4 Å². The van der Waals surface area contributed by atoms with Crippen LogP contribution in [0.2, 0.25) is 0 Å².